The number of imidazole rings is 1. The van der Waals surface area contributed by atoms with Crippen molar-refractivity contribution in [1.82, 2.24) is 19.8 Å². The van der Waals surface area contributed by atoms with E-state index in [1.54, 1.807) is 11.1 Å². The maximum absolute atomic E-state index is 12.8. The lowest BCUT2D eigenvalue weighted by Crippen LogP contribution is -2.55. The normalized spacial score (nSPS) is 20.3. The third kappa shape index (κ3) is 4.04. The Morgan fingerprint density at radius 2 is 2.03 bits per heavy atom. The van der Waals surface area contributed by atoms with Gasteiger partial charge in [0.15, 0.2) is 6.10 Å². The Morgan fingerprint density at radius 3 is 2.76 bits per heavy atom. The van der Waals surface area contributed by atoms with Crippen molar-refractivity contribution in [3.8, 4) is 0 Å². The molecule has 0 unspecified atom stereocenters. The Bertz CT molecular complexity index is 859. The van der Waals surface area contributed by atoms with Crippen LogP contribution in [0, 0.1) is 0 Å². The molecule has 1 fully saturated rings. The molecule has 0 radical (unpaired) electrons. The molecule has 154 valence electrons. The second kappa shape index (κ2) is 8.34. The van der Waals surface area contributed by atoms with Gasteiger partial charge in [-0.3, -0.25) is 9.59 Å². The summed E-state index contributed by atoms with van der Waals surface area (Å²) in [6.45, 7) is 2.07. The maximum atomic E-state index is 12.8. The van der Waals surface area contributed by atoms with Gasteiger partial charge in [0.25, 0.3) is 5.91 Å². The Balaban J connectivity index is 1.45. The number of methoxy groups -OCH3 is 1. The van der Waals surface area contributed by atoms with Crippen LogP contribution in [0.3, 0.4) is 0 Å². The van der Waals surface area contributed by atoms with Gasteiger partial charge in [0.1, 0.15) is 18.0 Å². The van der Waals surface area contributed by atoms with Gasteiger partial charge in [-0.05, 0) is 5.56 Å². The fourth-order valence-electron chi connectivity index (χ4n) is 4.11. The summed E-state index contributed by atoms with van der Waals surface area (Å²) in [6, 6.07) is 9.80. The number of likely N-dealkylation sites (tertiary alicyclic amines) is 1. The highest BCUT2D eigenvalue weighted by Crippen LogP contribution is 2.40. The number of carbonyl (C=O) groups excluding carboxylic acids is 2. The summed E-state index contributed by atoms with van der Waals surface area (Å²) < 4.78 is 13.3. The molecule has 0 aliphatic carbocycles. The molecule has 0 saturated carbocycles. The Morgan fingerprint density at radius 1 is 1.28 bits per heavy atom. The summed E-state index contributed by atoms with van der Waals surface area (Å²) in [5, 5.41) is 2.98. The van der Waals surface area contributed by atoms with Gasteiger partial charge in [-0.2, -0.15) is 0 Å². The third-order valence-electron chi connectivity index (χ3n) is 5.65. The molecular weight excluding hydrogens is 372 g/mol. The van der Waals surface area contributed by atoms with Gasteiger partial charge in [0, 0.05) is 52.0 Å². The fraction of sp³-hybridized carbons (Fsp3) is 0.476. The van der Waals surface area contributed by atoms with Gasteiger partial charge in [-0.25, -0.2) is 4.98 Å². The van der Waals surface area contributed by atoms with Crippen LogP contribution in [0.25, 0.3) is 0 Å². The van der Waals surface area contributed by atoms with Gasteiger partial charge in [0.2, 0.25) is 5.91 Å². The van der Waals surface area contributed by atoms with Crippen molar-refractivity contribution >= 4 is 11.8 Å². The number of nitrogens with one attached hydrogen (secondary N) is 1. The van der Waals surface area contributed by atoms with Crippen LogP contribution in [0.2, 0.25) is 0 Å². The van der Waals surface area contributed by atoms with Crippen molar-refractivity contribution in [2.45, 2.75) is 37.6 Å². The molecule has 3 heterocycles. The second-order valence-electron chi connectivity index (χ2n) is 7.52. The summed E-state index contributed by atoms with van der Waals surface area (Å²) in [5.41, 5.74) is 0.389. The zero-order valence-corrected chi connectivity index (χ0v) is 16.5. The predicted molar refractivity (Wildman–Crippen MR) is 105 cm³/mol. The number of aromatic nitrogens is 2. The number of benzene rings is 1. The van der Waals surface area contributed by atoms with Gasteiger partial charge < -0.3 is 24.3 Å². The molecule has 2 aliphatic heterocycles. The van der Waals surface area contributed by atoms with E-state index in [0.717, 1.165) is 11.4 Å². The molecule has 2 amide bonds. The largest absolute Gasteiger partial charge is 0.375 e. The monoisotopic (exact) mass is 398 g/mol. The van der Waals surface area contributed by atoms with Crippen LogP contribution in [-0.4, -0.2) is 59.2 Å². The Hall–Kier alpha value is -2.71. The van der Waals surface area contributed by atoms with Crippen LogP contribution in [0.15, 0.2) is 42.7 Å². The third-order valence-corrected chi connectivity index (χ3v) is 5.65. The number of ether oxygens (including phenoxy) is 2. The lowest BCUT2D eigenvalue weighted by molar-refractivity contribution is -0.176. The number of carbonyl (C=O) groups is 2. The quantitative estimate of drug-likeness (QED) is 0.814. The molecule has 1 spiro atoms. The highest BCUT2D eigenvalue weighted by molar-refractivity contribution is 5.81. The van der Waals surface area contributed by atoms with E-state index in [1.807, 2.05) is 41.1 Å². The first-order valence-corrected chi connectivity index (χ1v) is 9.89. The number of rotatable bonds is 5. The van der Waals surface area contributed by atoms with Crippen LogP contribution in [0.5, 0.6) is 0 Å². The minimum absolute atomic E-state index is 0.0290. The van der Waals surface area contributed by atoms with Gasteiger partial charge in [-0.15, -0.1) is 0 Å². The number of piperidine rings is 1. The Kier molecular flexibility index (Phi) is 5.64. The summed E-state index contributed by atoms with van der Waals surface area (Å²) in [6.07, 6.45) is 4.23. The summed E-state index contributed by atoms with van der Waals surface area (Å²) in [5.74, 6) is 0.674. The molecular formula is C21H26N4O4. The minimum atomic E-state index is -0.652. The van der Waals surface area contributed by atoms with E-state index < -0.39 is 11.7 Å². The molecule has 1 saturated heterocycles. The Labute approximate surface area is 169 Å². The molecule has 8 nitrogen and oxygen atoms in total. The van der Waals surface area contributed by atoms with Gasteiger partial charge in [0.05, 0.1) is 6.54 Å². The maximum Gasteiger partial charge on any atom is 0.251 e. The van der Waals surface area contributed by atoms with E-state index in [1.165, 1.54) is 7.11 Å². The van der Waals surface area contributed by atoms with Crippen LogP contribution in [0.4, 0.5) is 0 Å². The van der Waals surface area contributed by atoms with E-state index in [0.29, 0.717) is 39.0 Å². The summed E-state index contributed by atoms with van der Waals surface area (Å²) in [4.78, 5) is 31.3. The van der Waals surface area contributed by atoms with Crippen molar-refractivity contribution in [2.75, 3.05) is 26.8 Å². The average molecular weight is 398 g/mol. The van der Waals surface area contributed by atoms with Crippen molar-refractivity contribution < 1.29 is 19.1 Å². The van der Waals surface area contributed by atoms with Crippen LogP contribution in [-0.2, 0) is 37.8 Å². The first kappa shape index (κ1) is 19.6. The van der Waals surface area contributed by atoms with Crippen LogP contribution < -0.4 is 5.32 Å². The molecule has 29 heavy (non-hydrogen) atoms. The van der Waals surface area contributed by atoms with Crippen molar-refractivity contribution in [3.05, 3.63) is 54.1 Å². The molecule has 0 bridgehead atoms. The molecule has 1 aromatic heterocycles. The van der Waals surface area contributed by atoms with Crippen molar-refractivity contribution in [2.24, 2.45) is 0 Å². The van der Waals surface area contributed by atoms with E-state index in [9.17, 15) is 9.59 Å². The highest BCUT2D eigenvalue weighted by atomic mass is 16.5. The molecule has 4 rings (SSSR count). The standard InChI is InChI=1S/C21H26N4O4/c1-28-15-18(26)24-10-7-21(8-11-24)20-22-9-12-25(20)14-17(29-21)19(27)23-13-16-5-3-2-4-6-16/h2-6,9,12,17H,7-8,10-11,13-15H2,1H3,(H,23,27)/t17-/m0/s1. The smallest absolute Gasteiger partial charge is 0.251 e. The second-order valence-corrected chi connectivity index (χ2v) is 7.52. The SMILES string of the molecule is COCC(=O)N1CCC2(CC1)O[C@H](C(=O)NCc1ccccc1)Cn1ccnc12. The predicted octanol–water partition coefficient (Wildman–Crippen LogP) is 1.06. The number of fused-ring (bicyclic) bond motifs is 2. The summed E-state index contributed by atoms with van der Waals surface area (Å²) in [7, 11) is 1.52. The summed E-state index contributed by atoms with van der Waals surface area (Å²) >= 11 is 0. The van der Waals surface area contributed by atoms with Gasteiger partial charge in [-0.1, -0.05) is 30.3 Å². The fourth-order valence-corrected chi connectivity index (χ4v) is 4.11. The molecule has 1 aromatic carbocycles. The zero-order chi connectivity index (χ0) is 20.3. The van der Waals surface area contributed by atoms with Crippen LogP contribution in [0.1, 0.15) is 24.2 Å². The van der Waals surface area contributed by atoms with E-state index in [4.69, 9.17) is 9.47 Å². The number of hydrogen-bond donors (Lipinski definition) is 1. The van der Waals surface area contributed by atoms with Gasteiger partial charge >= 0.3 is 0 Å². The zero-order valence-electron chi connectivity index (χ0n) is 16.5. The minimum Gasteiger partial charge on any atom is -0.375 e. The number of nitrogens with zero attached hydrogens (tertiary/aromatic N) is 3. The highest BCUT2D eigenvalue weighted by Gasteiger charge is 2.47. The van der Waals surface area contributed by atoms with E-state index in [-0.39, 0.29) is 18.4 Å². The molecule has 8 heteroatoms. The van der Waals surface area contributed by atoms with Crippen LogP contribution >= 0.6 is 0 Å². The average Bonchev–Trinajstić information content (AvgIpc) is 3.23. The number of hydrogen-bond acceptors (Lipinski definition) is 5. The van der Waals surface area contributed by atoms with Crippen molar-refractivity contribution in [1.29, 1.82) is 0 Å². The number of amides is 2. The molecule has 1 atom stereocenters. The van der Waals surface area contributed by atoms with E-state index in [2.05, 4.69) is 10.3 Å². The lowest BCUT2D eigenvalue weighted by atomic mass is 9.88. The first-order valence-electron chi connectivity index (χ1n) is 9.89. The van der Waals surface area contributed by atoms with E-state index >= 15 is 0 Å². The lowest BCUT2D eigenvalue weighted by Gasteiger charge is -2.45. The first-order chi connectivity index (χ1) is 14.1. The molecule has 2 aliphatic rings. The molecule has 1 N–H and O–H groups in total. The molecule has 2 aromatic rings. The topological polar surface area (TPSA) is 85.7 Å². The van der Waals surface area contributed by atoms with Crippen molar-refractivity contribution in [3.63, 3.8) is 0 Å².